The molecule has 0 aromatic rings. The first-order chi connectivity index (χ1) is 9.14. The summed E-state index contributed by atoms with van der Waals surface area (Å²) in [6.45, 7) is 9.63. The Bertz CT molecular complexity index is 191. The van der Waals surface area contributed by atoms with Crippen LogP contribution < -0.4 is 0 Å². The quantitative estimate of drug-likeness (QED) is 0.258. The zero-order valence-electron chi connectivity index (χ0n) is 13.3. The van der Waals surface area contributed by atoms with E-state index >= 15 is 0 Å². The van der Waals surface area contributed by atoms with E-state index in [0.29, 0.717) is 19.1 Å². The Balaban J connectivity index is 4.07. The summed E-state index contributed by atoms with van der Waals surface area (Å²) < 4.78 is 11.6. The van der Waals surface area contributed by atoms with Crippen LogP contribution >= 0.6 is 11.6 Å². The highest BCUT2D eigenvalue weighted by molar-refractivity contribution is 6.18. The van der Waals surface area contributed by atoms with E-state index in [1.165, 1.54) is 38.5 Å². The lowest BCUT2D eigenvalue weighted by Gasteiger charge is -2.36. The topological polar surface area (TPSA) is 18.5 Å². The van der Waals surface area contributed by atoms with E-state index < -0.39 is 5.79 Å². The summed E-state index contributed by atoms with van der Waals surface area (Å²) in [5.41, 5.74) is 0. The van der Waals surface area contributed by atoms with Crippen LogP contribution in [-0.2, 0) is 9.47 Å². The number of unbranched alkanes of at least 4 members (excludes halogenated alkanes) is 5. The second-order valence-corrected chi connectivity index (χ2v) is 5.60. The molecule has 0 rings (SSSR count). The first kappa shape index (κ1) is 19.2. The highest BCUT2D eigenvalue weighted by Gasteiger charge is 2.34. The Kier molecular flexibility index (Phi) is 12.1. The summed E-state index contributed by atoms with van der Waals surface area (Å²) >= 11 is 6.13. The SMILES string of the molecule is CCCCCCCCC(CCl)C(C)(OCC)OCC. The smallest absolute Gasteiger partial charge is 0.169 e. The van der Waals surface area contributed by atoms with Crippen LogP contribution in [0.15, 0.2) is 0 Å². The average molecular weight is 293 g/mol. The molecule has 0 aromatic heterocycles. The minimum absolute atomic E-state index is 0.278. The van der Waals surface area contributed by atoms with Gasteiger partial charge in [0.15, 0.2) is 5.79 Å². The van der Waals surface area contributed by atoms with Gasteiger partial charge in [-0.25, -0.2) is 0 Å². The van der Waals surface area contributed by atoms with Crippen molar-refractivity contribution in [2.45, 2.75) is 78.4 Å². The van der Waals surface area contributed by atoms with Crippen LogP contribution in [0.3, 0.4) is 0 Å². The maximum Gasteiger partial charge on any atom is 0.169 e. The van der Waals surface area contributed by atoms with Gasteiger partial charge in [0.1, 0.15) is 0 Å². The highest BCUT2D eigenvalue weighted by atomic mass is 35.5. The zero-order chi connectivity index (χ0) is 14.6. The van der Waals surface area contributed by atoms with Gasteiger partial charge in [0, 0.05) is 25.0 Å². The van der Waals surface area contributed by atoms with Crippen molar-refractivity contribution in [1.82, 2.24) is 0 Å². The van der Waals surface area contributed by atoms with Crippen LogP contribution in [0.5, 0.6) is 0 Å². The molecule has 0 saturated heterocycles. The van der Waals surface area contributed by atoms with Gasteiger partial charge >= 0.3 is 0 Å². The normalized spacial score (nSPS) is 13.7. The maximum absolute atomic E-state index is 6.13. The summed E-state index contributed by atoms with van der Waals surface area (Å²) in [7, 11) is 0. The van der Waals surface area contributed by atoms with E-state index in [4.69, 9.17) is 21.1 Å². The van der Waals surface area contributed by atoms with Crippen molar-refractivity contribution in [3.8, 4) is 0 Å². The van der Waals surface area contributed by atoms with E-state index in [0.717, 1.165) is 6.42 Å². The number of hydrogen-bond donors (Lipinski definition) is 0. The fraction of sp³-hybridized carbons (Fsp3) is 1.00. The van der Waals surface area contributed by atoms with E-state index in [2.05, 4.69) is 6.92 Å². The van der Waals surface area contributed by atoms with Gasteiger partial charge in [-0.1, -0.05) is 45.4 Å². The number of rotatable bonds is 13. The molecule has 0 heterocycles. The molecule has 0 saturated carbocycles. The molecule has 2 nitrogen and oxygen atoms in total. The maximum atomic E-state index is 6.13. The van der Waals surface area contributed by atoms with E-state index in [-0.39, 0.29) is 5.92 Å². The predicted molar refractivity (Wildman–Crippen MR) is 83.9 cm³/mol. The minimum atomic E-state index is -0.519. The number of alkyl halides is 1. The fourth-order valence-electron chi connectivity index (χ4n) is 2.50. The van der Waals surface area contributed by atoms with Crippen molar-refractivity contribution in [2.75, 3.05) is 19.1 Å². The third kappa shape index (κ3) is 8.16. The molecular weight excluding hydrogens is 260 g/mol. The Morgan fingerprint density at radius 1 is 0.895 bits per heavy atom. The zero-order valence-corrected chi connectivity index (χ0v) is 14.1. The molecule has 0 aliphatic heterocycles. The molecule has 0 aromatic carbocycles. The van der Waals surface area contributed by atoms with Crippen molar-refractivity contribution in [2.24, 2.45) is 5.92 Å². The van der Waals surface area contributed by atoms with Crippen LogP contribution in [0.1, 0.15) is 72.6 Å². The lowest BCUT2D eigenvalue weighted by Crippen LogP contribution is -2.42. The fourth-order valence-corrected chi connectivity index (χ4v) is 2.94. The standard InChI is InChI=1S/C16H33ClO2/c1-5-8-9-10-11-12-13-15(14-17)16(4,18-6-2)19-7-3/h15H,5-14H2,1-4H3. The van der Waals surface area contributed by atoms with Crippen LogP contribution in [0.25, 0.3) is 0 Å². The van der Waals surface area contributed by atoms with Gasteiger partial charge < -0.3 is 9.47 Å². The molecule has 0 spiro atoms. The van der Waals surface area contributed by atoms with Crippen LogP contribution in [0.4, 0.5) is 0 Å². The van der Waals surface area contributed by atoms with Crippen molar-refractivity contribution in [3.05, 3.63) is 0 Å². The lowest BCUT2D eigenvalue weighted by atomic mass is 9.94. The molecule has 0 bridgehead atoms. The first-order valence-corrected chi connectivity index (χ1v) is 8.51. The van der Waals surface area contributed by atoms with Crippen molar-refractivity contribution < 1.29 is 9.47 Å². The summed E-state index contributed by atoms with van der Waals surface area (Å²) in [6.07, 6.45) is 8.95. The molecule has 3 heteroatoms. The second kappa shape index (κ2) is 12.0. The summed E-state index contributed by atoms with van der Waals surface area (Å²) in [5.74, 6) is 0.361. The molecule has 0 N–H and O–H groups in total. The van der Waals surface area contributed by atoms with Gasteiger partial charge in [-0.3, -0.25) is 0 Å². The number of ether oxygens (including phenoxy) is 2. The summed E-state index contributed by atoms with van der Waals surface area (Å²) in [4.78, 5) is 0. The molecule has 116 valence electrons. The van der Waals surface area contributed by atoms with Crippen molar-refractivity contribution in [1.29, 1.82) is 0 Å². The molecular formula is C16H33ClO2. The van der Waals surface area contributed by atoms with Gasteiger partial charge in [-0.2, -0.15) is 0 Å². The van der Waals surface area contributed by atoms with Crippen LogP contribution in [0, 0.1) is 5.92 Å². The van der Waals surface area contributed by atoms with Gasteiger partial charge in [-0.15, -0.1) is 11.6 Å². The molecule has 0 aliphatic rings. The minimum Gasteiger partial charge on any atom is -0.350 e. The monoisotopic (exact) mass is 292 g/mol. The molecule has 0 aliphatic carbocycles. The van der Waals surface area contributed by atoms with Gasteiger partial charge in [-0.05, 0) is 27.2 Å². The summed E-state index contributed by atoms with van der Waals surface area (Å²) in [6, 6.07) is 0. The van der Waals surface area contributed by atoms with Crippen molar-refractivity contribution in [3.63, 3.8) is 0 Å². The second-order valence-electron chi connectivity index (χ2n) is 5.29. The van der Waals surface area contributed by atoms with E-state index in [1.807, 2.05) is 20.8 Å². The lowest BCUT2D eigenvalue weighted by molar-refractivity contribution is -0.249. The van der Waals surface area contributed by atoms with Crippen molar-refractivity contribution >= 4 is 11.6 Å². The molecule has 19 heavy (non-hydrogen) atoms. The Morgan fingerprint density at radius 2 is 1.42 bits per heavy atom. The third-order valence-electron chi connectivity index (χ3n) is 3.70. The van der Waals surface area contributed by atoms with E-state index in [9.17, 15) is 0 Å². The molecule has 1 atom stereocenters. The molecule has 0 radical (unpaired) electrons. The molecule has 0 fully saturated rings. The van der Waals surface area contributed by atoms with E-state index in [1.54, 1.807) is 0 Å². The van der Waals surface area contributed by atoms with Gasteiger partial charge in [0.2, 0.25) is 0 Å². The average Bonchev–Trinajstić information content (AvgIpc) is 2.38. The molecule has 0 amide bonds. The Morgan fingerprint density at radius 3 is 1.89 bits per heavy atom. The highest BCUT2D eigenvalue weighted by Crippen LogP contribution is 2.29. The third-order valence-corrected chi connectivity index (χ3v) is 4.07. The predicted octanol–water partition coefficient (Wildman–Crippen LogP) is 5.38. The van der Waals surface area contributed by atoms with Gasteiger partial charge in [0.05, 0.1) is 0 Å². The number of halogens is 1. The summed E-state index contributed by atoms with van der Waals surface area (Å²) in [5, 5.41) is 0. The Labute approximate surface area is 125 Å². The van der Waals surface area contributed by atoms with Gasteiger partial charge in [0.25, 0.3) is 0 Å². The first-order valence-electron chi connectivity index (χ1n) is 7.98. The Hall–Kier alpha value is 0.210. The largest absolute Gasteiger partial charge is 0.350 e. The number of hydrogen-bond acceptors (Lipinski definition) is 2. The van der Waals surface area contributed by atoms with Crippen LogP contribution in [-0.4, -0.2) is 24.9 Å². The molecule has 1 unspecified atom stereocenters. The van der Waals surface area contributed by atoms with Crippen LogP contribution in [0.2, 0.25) is 0 Å².